The lowest BCUT2D eigenvalue weighted by Crippen LogP contribution is -2.18. The lowest BCUT2D eigenvalue weighted by atomic mass is 10.0. The van der Waals surface area contributed by atoms with Crippen molar-refractivity contribution >= 4 is 0 Å². The Kier molecular flexibility index (Phi) is 3.87. The summed E-state index contributed by atoms with van der Waals surface area (Å²) in [6, 6.07) is 13.0. The van der Waals surface area contributed by atoms with Gasteiger partial charge in [-0.3, -0.25) is 0 Å². The molecule has 0 atom stereocenters. The summed E-state index contributed by atoms with van der Waals surface area (Å²) < 4.78 is 0. The van der Waals surface area contributed by atoms with Crippen molar-refractivity contribution in [3.8, 4) is 6.07 Å². The first kappa shape index (κ1) is 13.0. The fourth-order valence-electron chi connectivity index (χ4n) is 3.12. The van der Waals surface area contributed by atoms with Crippen molar-refractivity contribution in [2.45, 2.75) is 32.1 Å². The average Bonchev–Trinajstić information content (AvgIpc) is 3.15. The van der Waals surface area contributed by atoms with Gasteiger partial charge in [-0.25, -0.2) is 0 Å². The topological polar surface area (TPSA) is 27.0 Å². The van der Waals surface area contributed by atoms with Gasteiger partial charge in [-0.1, -0.05) is 35.9 Å². The Balaban J connectivity index is 1.62. The highest BCUT2D eigenvalue weighted by Crippen LogP contribution is 2.32. The molecular weight excluding hydrogens is 244 g/mol. The molecule has 1 aromatic carbocycles. The third-order valence-electron chi connectivity index (χ3n) is 4.24. The van der Waals surface area contributed by atoms with E-state index in [1.54, 1.807) is 0 Å². The van der Waals surface area contributed by atoms with Crippen molar-refractivity contribution in [1.29, 1.82) is 5.26 Å². The smallest absolute Gasteiger partial charge is 0.101 e. The molecule has 0 amide bonds. The SMILES string of the molecule is N#CC1=C(N2CCCC2)CC(CCc2ccccc2)=C1. The van der Waals surface area contributed by atoms with Gasteiger partial charge in [0, 0.05) is 25.2 Å². The molecule has 0 aromatic heterocycles. The number of likely N-dealkylation sites (tertiary alicyclic amines) is 1. The lowest BCUT2D eigenvalue weighted by molar-refractivity contribution is 0.416. The van der Waals surface area contributed by atoms with E-state index in [4.69, 9.17) is 0 Å². The Bertz CT molecular complexity index is 569. The second-order valence-electron chi connectivity index (χ2n) is 5.63. The van der Waals surface area contributed by atoms with Crippen molar-refractivity contribution in [3.05, 3.63) is 58.8 Å². The molecular formula is C18H20N2. The van der Waals surface area contributed by atoms with Crippen molar-refractivity contribution in [1.82, 2.24) is 4.90 Å². The van der Waals surface area contributed by atoms with Gasteiger partial charge < -0.3 is 4.90 Å². The van der Waals surface area contributed by atoms with Gasteiger partial charge in [0.15, 0.2) is 0 Å². The minimum Gasteiger partial charge on any atom is -0.373 e. The van der Waals surface area contributed by atoms with E-state index >= 15 is 0 Å². The standard InChI is InChI=1S/C18H20N2/c19-14-17-12-16(9-8-15-6-2-1-3-7-15)13-18(17)20-10-4-5-11-20/h1-3,6-7,12H,4-5,8-11,13H2. The van der Waals surface area contributed by atoms with Gasteiger partial charge in [0.1, 0.15) is 6.07 Å². The second kappa shape index (κ2) is 5.96. The van der Waals surface area contributed by atoms with Gasteiger partial charge in [-0.15, -0.1) is 0 Å². The summed E-state index contributed by atoms with van der Waals surface area (Å²) in [5.41, 5.74) is 4.96. The Morgan fingerprint density at radius 3 is 2.50 bits per heavy atom. The fourth-order valence-corrected chi connectivity index (χ4v) is 3.12. The Hall–Kier alpha value is -2.01. The van der Waals surface area contributed by atoms with Gasteiger partial charge >= 0.3 is 0 Å². The van der Waals surface area contributed by atoms with E-state index in [2.05, 4.69) is 47.4 Å². The minimum atomic E-state index is 0.898. The monoisotopic (exact) mass is 264 g/mol. The Morgan fingerprint density at radius 1 is 1.05 bits per heavy atom. The van der Waals surface area contributed by atoms with Gasteiger partial charge in [-0.05, 0) is 37.3 Å². The number of benzene rings is 1. The van der Waals surface area contributed by atoms with Crippen LogP contribution >= 0.6 is 0 Å². The fraction of sp³-hybridized carbons (Fsp3) is 0.389. The van der Waals surface area contributed by atoms with Crippen LogP contribution in [0.2, 0.25) is 0 Å². The van der Waals surface area contributed by atoms with E-state index in [1.165, 1.54) is 29.7 Å². The number of aryl methyl sites for hydroxylation is 1. The molecule has 1 aliphatic carbocycles. The molecule has 0 saturated carbocycles. The molecule has 1 saturated heterocycles. The molecule has 0 bridgehead atoms. The van der Waals surface area contributed by atoms with Crippen molar-refractivity contribution in [2.75, 3.05) is 13.1 Å². The Labute approximate surface area is 121 Å². The normalized spacial score (nSPS) is 18.4. The number of nitriles is 1. The molecule has 0 spiro atoms. The molecule has 0 N–H and O–H groups in total. The van der Waals surface area contributed by atoms with Gasteiger partial charge in [0.2, 0.25) is 0 Å². The summed E-state index contributed by atoms with van der Waals surface area (Å²) in [5, 5.41) is 9.32. The molecule has 1 heterocycles. The number of hydrogen-bond acceptors (Lipinski definition) is 2. The number of hydrogen-bond donors (Lipinski definition) is 0. The molecule has 2 aliphatic rings. The van der Waals surface area contributed by atoms with Crippen LogP contribution in [-0.4, -0.2) is 18.0 Å². The molecule has 2 nitrogen and oxygen atoms in total. The number of rotatable bonds is 4. The maximum Gasteiger partial charge on any atom is 0.101 e. The van der Waals surface area contributed by atoms with Crippen LogP contribution in [0.4, 0.5) is 0 Å². The van der Waals surface area contributed by atoms with Crippen LogP contribution in [0.15, 0.2) is 53.3 Å². The van der Waals surface area contributed by atoms with Gasteiger partial charge in [-0.2, -0.15) is 5.26 Å². The molecule has 20 heavy (non-hydrogen) atoms. The number of nitrogens with zero attached hydrogens (tertiary/aromatic N) is 2. The highest BCUT2D eigenvalue weighted by Gasteiger charge is 2.23. The number of allylic oxidation sites excluding steroid dienone is 3. The molecule has 1 aliphatic heterocycles. The average molecular weight is 264 g/mol. The van der Waals surface area contributed by atoms with Crippen molar-refractivity contribution in [2.24, 2.45) is 0 Å². The molecule has 102 valence electrons. The third-order valence-corrected chi connectivity index (χ3v) is 4.24. The highest BCUT2D eigenvalue weighted by molar-refractivity contribution is 5.47. The summed E-state index contributed by atoms with van der Waals surface area (Å²) in [5.74, 6) is 0. The van der Waals surface area contributed by atoms with E-state index in [-0.39, 0.29) is 0 Å². The van der Waals surface area contributed by atoms with E-state index in [1.807, 2.05) is 0 Å². The first-order chi connectivity index (χ1) is 9.86. The summed E-state index contributed by atoms with van der Waals surface area (Å²) >= 11 is 0. The van der Waals surface area contributed by atoms with Crippen LogP contribution in [0.3, 0.4) is 0 Å². The van der Waals surface area contributed by atoms with Crippen LogP contribution in [0.5, 0.6) is 0 Å². The first-order valence-corrected chi connectivity index (χ1v) is 7.48. The van der Waals surface area contributed by atoms with Gasteiger partial charge in [0.25, 0.3) is 0 Å². The summed E-state index contributed by atoms with van der Waals surface area (Å²) in [6.45, 7) is 2.25. The van der Waals surface area contributed by atoms with Crippen molar-refractivity contribution in [3.63, 3.8) is 0 Å². The van der Waals surface area contributed by atoms with Crippen LogP contribution in [0, 0.1) is 11.3 Å². The summed E-state index contributed by atoms with van der Waals surface area (Å²) in [4.78, 5) is 2.41. The van der Waals surface area contributed by atoms with E-state index in [0.717, 1.165) is 37.9 Å². The van der Waals surface area contributed by atoms with E-state index < -0.39 is 0 Å². The van der Waals surface area contributed by atoms with Crippen LogP contribution in [0.25, 0.3) is 0 Å². The molecule has 3 rings (SSSR count). The predicted octanol–water partition coefficient (Wildman–Crippen LogP) is 3.82. The zero-order valence-corrected chi connectivity index (χ0v) is 11.8. The second-order valence-corrected chi connectivity index (χ2v) is 5.63. The summed E-state index contributed by atoms with van der Waals surface area (Å²) in [6.07, 6.45) is 7.76. The predicted molar refractivity (Wildman–Crippen MR) is 80.9 cm³/mol. The van der Waals surface area contributed by atoms with Gasteiger partial charge in [0.05, 0.1) is 5.57 Å². The lowest BCUT2D eigenvalue weighted by Gasteiger charge is -2.20. The molecule has 0 unspecified atom stereocenters. The maximum absolute atomic E-state index is 9.32. The molecule has 1 aromatic rings. The molecule has 0 radical (unpaired) electrons. The van der Waals surface area contributed by atoms with Crippen LogP contribution in [-0.2, 0) is 6.42 Å². The quantitative estimate of drug-likeness (QED) is 0.826. The van der Waals surface area contributed by atoms with Crippen molar-refractivity contribution < 1.29 is 0 Å². The van der Waals surface area contributed by atoms with Crippen LogP contribution < -0.4 is 0 Å². The Morgan fingerprint density at radius 2 is 1.80 bits per heavy atom. The van der Waals surface area contributed by atoms with Crippen LogP contribution in [0.1, 0.15) is 31.2 Å². The zero-order valence-electron chi connectivity index (χ0n) is 11.8. The van der Waals surface area contributed by atoms with E-state index in [0.29, 0.717) is 0 Å². The summed E-state index contributed by atoms with van der Waals surface area (Å²) in [7, 11) is 0. The molecule has 2 heteroatoms. The largest absolute Gasteiger partial charge is 0.373 e. The first-order valence-electron chi connectivity index (χ1n) is 7.48. The maximum atomic E-state index is 9.32. The highest BCUT2D eigenvalue weighted by atomic mass is 15.2. The minimum absolute atomic E-state index is 0.898. The molecule has 1 fully saturated rings. The zero-order chi connectivity index (χ0) is 13.8. The van der Waals surface area contributed by atoms with E-state index in [9.17, 15) is 5.26 Å². The third kappa shape index (κ3) is 2.77.